The third-order valence-electron chi connectivity index (χ3n) is 13.4. The maximum atomic E-state index is 13.8. The summed E-state index contributed by atoms with van der Waals surface area (Å²) in [6, 6.07) is 45.3. The number of hydrogen-bond donors (Lipinski definition) is 3. The molecule has 8 aromatic rings. The Kier molecular flexibility index (Phi) is 11.6. The molecule has 0 amide bonds. The third kappa shape index (κ3) is 7.50. The van der Waals surface area contributed by atoms with Crippen LogP contribution >= 0.6 is 31.9 Å². The van der Waals surface area contributed by atoms with Gasteiger partial charge in [0.15, 0.2) is 0 Å². The monoisotopic (exact) mass is 956 g/mol. The van der Waals surface area contributed by atoms with Crippen molar-refractivity contribution in [3.05, 3.63) is 154 Å². The Morgan fingerprint density at radius 3 is 1.89 bits per heavy atom. The molecule has 4 heterocycles. The summed E-state index contributed by atoms with van der Waals surface area (Å²) in [7, 11) is 0. The smallest absolute Gasteiger partial charge is 0.127 e. The van der Waals surface area contributed by atoms with Crippen LogP contribution in [0.1, 0.15) is 25.1 Å². The van der Waals surface area contributed by atoms with Crippen LogP contribution in [0.15, 0.2) is 142 Å². The number of para-hydroxylation sites is 1. The molecule has 3 N–H and O–H groups in total. The van der Waals surface area contributed by atoms with Crippen LogP contribution in [0.5, 0.6) is 0 Å². The van der Waals surface area contributed by atoms with Gasteiger partial charge in [-0.1, -0.05) is 98.6 Å². The molecule has 4 atom stereocenters. The van der Waals surface area contributed by atoms with Gasteiger partial charge in [-0.05, 0) is 90.3 Å². The molecule has 4 unspecified atom stereocenters. The van der Waals surface area contributed by atoms with Gasteiger partial charge in [0.1, 0.15) is 17.6 Å². The molecule has 2 aromatic heterocycles. The second-order valence-corrected chi connectivity index (χ2v) is 18.9. The van der Waals surface area contributed by atoms with E-state index in [4.69, 9.17) is 0 Å². The zero-order valence-corrected chi connectivity index (χ0v) is 37.9. The minimum Gasteiger partial charge on any atom is -0.390 e. The Hall–Kier alpha value is -4.43. The molecule has 0 radical (unpaired) electrons. The Morgan fingerprint density at radius 2 is 1.23 bits per heavy atom. The van der Waals surface area contributed by atoms with Gasteiger partial charge in [0.2, 0.25) is 0 Å². The van der Waals surface area contributed by atoms with E-state index >= 15 is 0 Å². The molecule has 0 aliphatic carbocycles. The topological polar surface area (TPSA) is 72.1 Å². The fourth-order valence-corrected chi connectivity index (χ4v) is 11.3. The Balaban J connectivity index is 1.13. The van der Waals surface area contributed by atoms with Crippen molar-refractivity contribution in [2.45, 2.75) is 43.9 Å². The number of benzene rings is 6. The molecule has 2 saturated heterocycles. The van der Waals surface area contributed by atoms with E-state index in [0.717, 1.165) is 102 Å². The molecule has 8 nitrogen and oxygen atoms in total. The summed E-state index contributed by atoms with van der Waals surface area (Å²) in [4.78, 5) is 7.28. The van der Waals surface area contributed by atoms with Crippen LogP contribution < -0.4 is 5.32 Å². The SMILES string of the molecule is CC(O)C(CC(O)C(N1CCN(Cc2ccc(F)cc2)CC1)n1c2ccc(Br)cc2c2cc(Br)ccc21)(N1CCNCC1)n1c2ccccc2c2cc(-c3ccccc3)ccc21. The molecule has 0 saturated carbocycles. The van der Waals surface area contributed by atoms with E-state index < -0.39 is 24.0 Å². The first-order valence-electron chi connectivity index (χ1n) is 21.7. The van der Waals surface area contributed by atoms with Gasteiger partial charge in [-0.25, -0.2) is 4.39 Å². The third-order valence-corrected chi connectivity index (χ3v) is 14.4. The number of aliphatic hydroxyl groups excluding tert-OH is 2. The molecule has 2 aliphatic rings. The summed E-state index contributed by atoms with van der Waals surface area (Å²) in [6.45, 7) is 8.59. The zero-order chi connectivity index (χ0) is 42.5. The van der Waals surface area contributed by atoms with Crippen molar-refractivity contribution in [3.63, 3.8) is 0 Å². The first-order chi connectivity index (χ1) is 30.2. The second-order valence-electron chi connectivity index (χ2n) is 17.1. The van der Waals surface area contributed by atoms with Crippen molar-refractivity contribution in [2.24, 2.45) is 0 Å². The van der Waals surface area contributed by atoms with E-state index in [0.29, 0.717) is 26.2 Å². The highest BCUT2D eigenvalue weighted by Gasteiger charge is 2.49. The largest absolute Gasteiger partial charge is 0.390 e. The van der Waals surface area contributed by atoms with Crippen molar-refractivity contribution in [2.75, 3.05) is 52.4 Å². The molecular formula is C51H51Br2FN6O2. The fourth-order valence-electron chi connectivity index (χ4n) is 10.5. The quantitative estimate of drug-likeness (QED) is 0.120. The minimum atomic E-state index is -1.04. The van der Waals surface area contributed by atoms with Crippen molar-refractivity contribution in [1.29, 1.82) is 0 Å². The molecule has 2 aliphatic heterocycles. The highest BCUT2D eigenvalue weighted by atomic mass is 79.9. The summed E-state index contributed by atoms with van der Waals surface area (Å²) in [6.07, 6.45) is -2.03. The zero-order valence-electron chi connectivity index (χ0n) is 34.8. The predicted molar refractivity (Wildman–Crippen MR) is 257 cm³/mol. The Labute approximate surface area is 378 Å². The molecule has 6 aromatic carbocycles. The number of aliphatic hydroxyl groups is 2. The molecule has 10 rings (SSSR count). The summed E-state index contributed by atoms with van der Waals surface area (Å²) >= 11 is 7.51. The average Bonchev–Trinajstić information content (AvgIpc) is 3.79. The van der Waals surface area contributed by atoms with Crippen LogP contribution in [0.3, 0.4) is 0 Å². The molecular weight excluding hydrogens is 907 g/mol. The highest BCUT2D eigenvalue weighted by Crippen LogP contribution is 2.45. The van der Waals surface area contributed by atoms with E-state index in [1.807, 2.05) is 25.1 Å². The summed E-state index contributed by atoms with van der Waals surface area (Å²) in [5.41, 5.74) is 6.44. The minimum absolute atomic E-state index is 0.229. The number of nitrogens with zero attached hydrogens (tertiary/aromatic N) is 5. The van der Waals surface area contributed by atoms with Gasteiger partial charge in [-0.15, -0.1) is 0 Å². The lowest BCUT2D eigenvalue weighted by Gasteiger charge is -2.52. The van der Waals surface area contributed by atoms with Gasteiger partial charge in [-0.2, -0.15) is 0 Å². The van der Waals surface area contributed by atoms with E-state index in [2.05, 4.69) is 164 Å². The van der Waals surface area contributed by atoms with Crippen LogP contribution in [0.4, 0.5) is 4.39 Å². The van der Waals surface area contributed by atoms with E-state index in [-0.39, 0.29) is 12.2 Å². The Bertz CT molecular complexity index is 2810. The van der Waals surface area contributed by atoms with E-state index in [1.54, 1.807) is 0 Å². The van der Waals surface area contributed by atoms with Gasteiger partial charge in [0, 0.05) is 95.8 Å². The van der Waals surface area contributed by atoms with Gasteiger partial charge >= 0.3 is 0 Å². The maximum absolute atomic E-state index is 13.8. The van der Waals surface area contributed by atoms with Crippen LogP contribution in [0.25, 0.3) is 54.7 Å². The van der Waals surface area contributed by atoms with Crippen molar-refractivity contribution < 1.29 is 14.6 Å². The van der Waals surface area contributed by atoms with Gasteiger partial charge in [0.25, 0.3) is 0 Å². The molecule has 0 bridgehead atoms. The lowest BCUT2D eigenvalue weighted by atomic mass is 9.90. The lowest BCUT2D eigenvalue weighted by molar-refractivity contribution is -0.124. The first-order valence-corrected chi connectivity index (χ1v) is 23.3. The fraction of sp³-hybridized carbons (Fsp3) is 0.294. The highest BCUT2D eigenvalue weighted by molar-refractivity contribution is 9.10. The number of halogens is 3. The molecule has 0 spiro atoms. The molecule has 2 fully saturated rings. The molecule has 318 valence electrons. The van der Waals surface area contributed by atoms with Crippen molar-refractivity contribution in [3.8, 4) is 11.1 Å². The molecule has 62 heavy (non-hydrogen) atoms. The second kappa shape index (κ2) is 17.3. The number of hydrogen-bond acceptors (Lipinski definition) is 6. The van der Waals surface area contributed by atoms with E-state index in [1.165, 1.54) is 12.1 Å². The maximum Gasteiger partial charge on any atom is 0.127 e. The van der Waals surface area contributed by atoms with Crippen LogP contribution in [0, 0.1) is 5.82 Å². The van der Waals surface area contributed by atoms with Gasteiger partial charge in [-0.3, -0.25) is 14.7 Å². The van der Waals surface area contributed by atoms with Crippen molar-refractivity contribution in [1.82, 2.24) is 29.2 Å². The van der Waals surface area contributed by atoms with E-state index in [9.17, 15) is 14.6 Å². The molecule has 11 heteroatoms. The summed E-state index contributed by atoms with van der Waals surface area (Å²) in [5, 5.41) is 34.2. The lowest BCUT2D eigenvalue weighted by Crippen LogP contribution is -2.64. The van der Waals surface area contributed by atoms with Gasteiger partial charge in [0.05, 0.1) is 34.3 Å². The van der Waals surface area contributed by atoms with Crippen molar-refractivity contribution >= 4 is 75.5 Å². The number of nitrogens with one attached hydrogen (secondary N) is 1. The van der Waals surface area contributed by atoms with Gasteiger partial charge < -0.3 is 24.7 Å². The summed E-state index contributed by atoms with van der Waals surface area (Å²) in [5.74, 6) is -0.229. The standard InChI is InChI=1S/C51H51Br2FN6O2/c1-34(61)51(58-23-21-55-22-24-58,60-47-10-6-5-9-41(47)42-29-37(13-18-48(42)60)36-7-3-2-4-8-36)32-49(62)50(57-27-25-56(26-28-57)33-35-11-16-40(54)17-12-35)59-45-19-14-38(52)30-43(45)44-31-39(53)15-20-46(44)59/h2-20,29-31,34,49-50,55,61-62H,21-28,32-33H2,1H3. The number of fused-ring (bicyclic) bond motifs is 6. The van der Waals surface area contributed by atoms with Crippen LogP contribution in [-0.2, 0) is 12.2 Å². The van der Waals surface area contributed by atoms with Crippen LogP contribution in [0.2, 0.25) is 0 Å². The number of piperazine rings is 2. The first kappa shape index (κ1) is 41.6. The number of aromatic nitrogens is 2. The average molecular weight is 959 g/mol. The number of rotatable bonds is 11. The predicted octanol–water partition coefficient (Wildman–Crippen LogP) is 9.94. The normalized spacial score (nSPS) is 18.4. The van der Waals surface area contributed by atoms with Crippen LogP contribution in [-0.4, -0.2) is 98.6 Å². The summed E-state index contributed by atoms with van der Waals surface area (Å²) < 4.78 is 20.5. The Morgan fingerprint density at radius 1 is 0.629 bits per heavy atom.